The first-order valence-corrected chi connectivity index (χ1v) is 4.88. The zero-order valence-electron chi connectivity index (χ0n) is 8.99. The number of rotatable bonds is 4. The molecular weight excluding hydrogens is 208 g/mol. The van der Waals surface area contributed by atoms with Gasteiger partial charge >= 0.3 is 5.97 Å². The Hall–Kier alpha value is -1.88. The SMILES string of the molecule is Cc1ccc(NC(=O)CCN)c(C(=O)O)c1. The van der Waals surface area contributed by atoms with Crippen molar-refractivity contribution in [1.82, 2.24) is 0 Å². The number of amides is 1. The van der Waals surface area contributed by atoms with Crippen molar-refractivity contribution >= 4 is 17.6 Å². The van der Waals surface area contributed by atoms with Crippen LogP contribution >= 0.6 is 0 Å². The van der Waals surface area contributed by atoms with Gasteiger partial charge < -0.3 is 16.2 Å². The molecule has 16 heavy (non-hydrogen) atoms. The van der Waals surface area contributed by atoms with Gasteiger partial charge in [-0.25, -0.2) is 4.79 Å². The quantitative estimate of drug-likeness (QED) is 0.708. The lowest BCUT2D eigenvalue weighted by Gasteiger charge is -2.08. The molecule has 1 aromatic carbocycles. The van der Waals surface area contributed by atoms with Crippen LogP contribution in [0.1, 0.15) is 22.3 Å². The first-order valence-electron chi connectivity index (χ1n) is 4.88. The molecule has 4 N–H and O–H groups in total. The van der Waals surface area contributed by atoms with E-state index in [4.69, 9.17) is 10.8 Å². The molecule has 0 fully saturated rings. The first kappa shape index (κ1) is 12.2. The molecule has 0 radical (unpaired) electrons. The summed E-state index contributed by atoms with van der Waals surface area (Å²) in [7, 11) is 0. The summed E-state index contributed by atoms with van der Waals surface area (Å²) in [5.74, 6) is -1.35. The summed E-state index contributed by atoms with van der Waals surface area (Å²) in [5.41, 5.74) is 6.45. The second-order valence-corrected chi connectivity index (χ2v) is 3.44. The van der Waals surface area contributed by atoms with Crippen LogP contribution in [0.2, 0.25) is 0 Å². The summed E-state index contributed by atoms with van der Waals surface area (Å²) >= 11 is 0. The smallest absolute Gasteiger partial charge is 0.337 e. The van der Waals surface area contributed by atoms with Crippen LogP contribution in [0, 0.1) is 6.92 Å². The van der Waals surface area contributed by atoms with Crippen LogP contribution < -0.4 is 11.1 Å². The van der Waals surface area contributed by atoms with Gasteiger partial charge in [-0.15, -0.1) is 0 Å². The average molecular weight is 222 g/mol. The summed E-state index contributed by atoms with van der Waals surface area (Å²) in [6.07, 6.45) is 0.174. The lowest BCUT2D eigenvalue weighted by molar-refractivity contribution is -0.116. The molecule has 0 saturated heterocycles. The molecule has 5 nitrogen and oxygen atoms in total. The topological polar surface area (TPSA) is 92.4 Å². The molecule has 5 heteroatoms. The summed E-state index contributed by atoms with van der Waals surface area (Å²) in [5, 5.41) is 11.5. The van der Waals surface area contributed by atoms with E-state index in [1.165, 1.54) is 6.07 Å². The Balaban J connectivity index is 2.95. The lowest BCUT2D eigenvalue weighted by Crippen LogP contribution is -2.18. The standard InChI is InChI=1S/C11H14N2O3/c1-7-2-3-9(8(6-7)11(15)16)13-10(14)4-5-12/h2-3,6H,4-5,12H2,1H3,(H,13,14)(H,15,16). The molecule has 1 aromatic rings. The predicted octanol–water partition coefficient (Wildman–Crippen LogP) is 0.981. The molecule has 0 aliphatic rings. The molecule has 0 bridgehead atoms. The Morgan fingerprint density at radius 1 is 1.44 bits per heavy atom. The summed E-state index contributed by atoms with van der Waals surface area (Å²) in [6, 6.07) is 4.83. The average Bonchev–Trinajstić information content (AvgIpc) is 2.20. The fourth-order valence-electron chi connectivity index (χ4n) is 1.29. The maximum atomic E-state index is 11.3. The molecule has 0 unspecified atom stereocenters. The Morgan fingerprint density at radius 2 is 2.12 bits per heavy atom. The number of carboxylic acids is 1. The van der Waals surface area contributed by atoms with Crippen molar-refractivity contribution in [3.05, 3.63) is 29.3 Å². The first-order chi connectivity index (χ1) is 7.54. The van der Waals surface area contributed by atoms with Gasteiger partial charge in [0.05, 0.1) is 11.3 Å². The summed E-state index contributed by atoms with van der Waals surface area (Å²) < 4.78 is 0. The van der Waals surface area contributed by atoms with Gasteiger partial charge in [-0.3, -0.25) is 4.79 Å². The number of aryl methyl sites for hydroxylation is 1. The van der Waals surface area contributed by atoms with Crippen molar-refractivity contribution in [2.45, 2.75) is 13.3 Å². The van der Waals surface area contributed by atoms with E-state index in [2.05, 4.69) is 5.32 Å². The van der Waals surface area contributed by atoms with E-state index in [-0.39, 0.29) is 24.4 Å². The van der Waals surface area contributed by atoms with E-state index in [1.807, 2.05) is 0 Å². The fraction of sp³-hybridized carbons (Fsp3) is 0.273. The van der Waals surface area contributed by atoms with Crippen molar-refractivity contribution in [1.29, 1.82) is 0 Å². The predicted molar refractivity (Wildman–Crippen MR) is 60.4 cm³/mol. The number of benzene rings is 1. The maximum Gasteiger partial charge on any atom is 0.337 e. The Labute approximate surface area is 93.3 Å². The summed E-state index contributed by atoms with van der Waals surface area (Å²) in [6.45, 7) is 2.03. The van der Waals surface area contributed by atoms with Gasteiger partial charge in [0.1, 0.15) is 0 Å². The number of hydrogen-bond donors (Lipinski definition) is 3. The minimum Gasteiger partial charge on any atom is -0.478 e. The van der Waals surface area contributed by atoms with Crippen molar-refractivity contribution < 1.29 is 14.7 Å². The van der Waals surface area contributed by atoms with E-state index in [0.29, 0.717) is 5.69 Å². The molecular formula is C11H14N2O3. The van der Waals surface area contributed by atoms with Crippen LogP contribution in [-0.4, -0.2) is 23.5 Å². The van der Waals surface area contributed by atoms with E-state index >= 15 is 0 Å². The highest BCUT2D eigenvalue weighted by Gasteiger charge is 2.11. The third-order valence-electron chi connectivity index (χ3n) is 2.05. The van der Waals surface area contributed by atoms with Crippen molar-refractivity contribution in [3.63, 3.8) is 0 Å². The van der Waals surface area contributed by atoms with E-state index < -0.39 is 5.97 Å². The molecule has 0 aromatic heterocycles. The van der Waals surface area contributed by atoms with Gasteiger partial charge in [-0.05, 0) is 19.1 Å². The minimum atomic E-state index is -1.06. The Bertz CT molecular complexity index is 416. The van der Waals surface area contributed by atoms with Crippen LogP contribution in [0.25, 0.3) is 0 Å². The number of hydrogen-bond acceptors (Lipinski definition) is 3. The van der Waals surface area contributed by atoms with Crippen LogP contribution in [0.4, 0.5) is 5.69 Å². The van der Waals surface area contributed by atoms with Crippen LogP contribution in [0.15, 0.2) is 18.2 Å². The Morgan fingerprint density at radius 3 is 2.69 bits per heavy atom. The number of carbonyl (C=O) groups excluding carboxylic acids is 1. The number of carboxylic acid groups (broad SMARTS) is 1. The largest absolute Gasteiger partial charge is 0.478 e. The van der Waals surface area contributed by atoms with E-state index in [0.717, 1.165) is 5.56 Å². The molecule has 1 amide bonds. The van der Waals surface area contributed by atoms with Gasteiger partial charge in [-0.1, -0.05) is 11.6 Å². The minimum absolute atomic E-state index is 0.0883. The summed E-state index contributed by atoms with van der Waals surface area (Å²) in [4.78, 5) is 22.2. The van der Waals surface area contributed by atoms with Crippen molar-refractivity contribution in [3.8, 4) is 0 Å². The normalized spacial score (nSPS) is 9.88. The molecule has 0 atom stereocenters. The highest BCUT2D eigenvalue weighted by atomic mass is 16.4. The Kier molecular flexibility index (Phi) is 4.02. The zero-order valence-corrected chi connectivity index (χ0v) is 8.99. The molecule has 0 aliphatic heterocycles. The van der Waals surface area contributed by atoms with Gasteiger partial charge in [0.25, 0.3) is 0 Å². The molecule has 0 aliphatic carbocycles. The number of nitrogens with two attached hydrogens (primary N) is 1. The molecule has 0 heterocycles. The van der Waals surface area contributed by atoms with Crippen molar-refractivity contribution in [2.24, 2.45) is 5.73 Å². The van der Waals surface area contributed by atoms with E-state index in [1.54, 1.807) is 19.1 Å². The van der Waals surface area contributed by atoms with Gasteiger partial charge in [-0.2, -0.15) is 0 Å². The van der Waals surface area contributed by atoms with E-state index in [9.17, 15) is 9.59 Å². The monoisotopic (exact) mass is 222 g/mol. The fourth-order valence-corrected chi connectivity index (χ4v) is 1.29. The third-order valence-corrected chi connectivity index (χ3v) is 2.05. The highest BCUT2D eigenvalue weighted by Crippen LogP contribution is 2.17. The third kappa shape index (κ3) is 3.06. The maximum absolute atomic E-state index is 11.3. The van der Waals surface area contributed by atoms with Gasteiger partial charge in [0, 0.05) is 13.0 Å². The van der Waals surface area contributed by atoms with Gasteiger partial charge in [0.15, 0.2) is 0 Å². The lowest BCUT2D eigenvalue weighted by atomic mass is 10.1. The molecule has 0 saturated carbocycles. The number of carbonyl (C=O) groups is 2. The van der Waals surface area contributed by atoms with Crippen LogP contribution in [0.5, 0.6) is 0 Å². The van der Waals surface area contributed by atoms with Crippen LogP contribution in [-0.2, 0) is 4.79 Å². The zero-order chi connectivity index (χ0) is 12.1. The molecule has 1 rings (SSSR count). The number of aromatic carboxylic acids is 1. The number of nitrogens with one attached hydrogen (secondary N) is 1. The second-order valence-electron chi connectivity index (χ2n) is 3.44. The van der Waals surface area contributed by atoms with Gasteiger partial charge in [0.2, 0.25) is 5.91 Å². The molecule has 86 valence electrons. The second kappa shape index (κ2) is 5.27. The molecule has 0 spiro atoms. The number of anilines is 1. The highest BCUT2D eigenvalue weighted by molar-refractivity contribution is 6.00. The van der Waals surface area contributed by atoms with Crippen LogP contribution in [0.3, 0.4) is 0 Å². The van der Waals surface area contributed by atoms with Crippen molar-refractivity contribution in [2.75, 3.05) is 11.9 Å².